The maximum atomic E-state index is 12.0. The van der Waals surface area contributed by atoms with Crippen molar-refractivity contribution in [3.63, 3.8) is 0 Å². The van der Waals surface area contributed by atoms with Crippen LogP contribution in [0.15, 0.2) is 0 Å². The molecule has 0 aromatic carbocycles. The molecule has 0 amide bonds. The zero-order chi connectivity index (χ0) is 10.6. The molecule has 0 radical (unpaired) electrons. The van der Waals surface area contributed by atoms with Crippen LogP contribution in [-0.4, -0.2) is 43.3 Å². The lowest BCUT2D eigenvalue weighted by Crippen LogP contribution is -2.36. The van der Waals surface area contributed by atoms with Gasteiger partial charge < -0.3 is 5.32 Å². The van der Waals surface area contributed by atoms with Crippen LogP contribution in [0, 0.1) is 0 Å². The standard InChI is InChI=1S/C9H17F3N2/c1-2-4-13-8-3-5-14(6-8)7-9(10,11)12/h8,13H,2-7H2,1H3. The molecular weight excluding hydrogens is 193 g/mol. The Morgan fingerprint density at radius 2 is 2.14 bits per heavy atom. The van der Waals surface area contributed by atoms with Crippen molar-refractivity contribution in [2.24, 2.45) is 0 Å². The van der Waals surface area contributed by atoms with E-state index in [0.29, 0.717) is 13.1 Å². The summed E-state index contributed by atoms with van der Waals surface area (Å²) in [5.41, 5.74) is 0. The molecule has 0 aliphatic carbocycles. The normalized spacial score (nSPS) is 24.4. The molecule has 1 aliphatic heterocycles. The number of rotatable bonds is 4. The third-order valence-electron chi connectivity index (χ3n) is 2.36. The lowest BCUT2D eigenvalue weighted by atomic mass is 10.2. The number of nitrogens with one attached hydrogen (secondary N) is 1. The van der Waals surface area contributed by atoms with Gasteiger partial charge in [-0.05, 0) is 19.4 Å². The molecule has 0 aromatic heterocycles. The van der Waals surface area contributed by atoms with Gasteiger partial charge in [-0.2, -0.15) is 13.2 Å². The van der Waals surface area contributed by atoms with Gasteiger partial charge in [0.25, 0.3) is 0 Å². The third kappa shape index (κ3) is 4.28. The molecule has 0 bridgehead atoms. The first-order chi connectivity index (χ1) is 6.51. The molecule has 84 valence electrons. The van der Waals surface area contributed by atoms with Crippen LogP contribution in [0.3, 0.4) is 0 Å². The number of likely N-dealkylation sites (tertiary alicyclic amines) is 1. The lowest BCUT2D eigenvalue weighted by Gasteiger charge is -2.18. The molecule has 5 heteroatoms. The predicted molar refractivity (Wildman–Crippen MR) is 49.2 cm³/mol. The average Bonchev–Trinajstić information content (AvgIpc) is 2.46. The van der Waals surface area contributed by atoms with Crippen LogP contribution in [0.5, 0.6) is 0 Å². The lowest BCUT2D eigenvalue weighted by molar-refractivity contribution is -0.143. The molecule has 1 rings (SSSR count). The Bertz CT molecular complexity index is 170. The highest BCUT2D eigenvalue weighted by molar-refractivity contribution is 4.81. The van der Waals surface area contributed by atoms with E-state index in [1.807, 2.05) is 0 Å². The van der Waals surface area contributed by atoms with E-state index in [4.69, 9.17) is 0 Å². The molecule has 0 saturated carbocycles. The van der Waals surface area contributed by atoms with E-state index in [1.165, 1.54) is 4.90 Å². The summed E-state index contributed by atoms with van der Waals surface area (Å²) in [5, 5.41) is 3.24. The minimum absolute atomic E-state index is 0.247. The average molecular weight is 210 g/mol. The van der Waals surface area contributed by atoms with Crippen LogP contribution < -0.4 is 5.32 Å². The fraction of sp³-hybridized carbons (Fsp3) is 1.00. The van der Waals surface area contributed by atoms with E-state index in [0.717, 1.165) is 19.4 Å². The summed E-state index contributed by atoms with van der Waals surface area (Å²) in [6.45, 7) is 3.26. The van der Waals surface area contributed by atoms with Gasteiger partial charge in [0.2, 0.25) is 0 Å². The van der Waals surface area contributed by atoms with Gasteiger partial charge in [-0.3, -0.25) is 4.90 Å². The van der Waals surface area contributed by atoms with Crippen LogP contribution in [0.25, 0.3) is 0 Å². The maximum absolute atomic E-state index is 12.0. The van der Waals surface area contributed by atoms with Crippen molar-refractivity contribution >= 4 is 0 Å². The summed E-state index contributed by atoms with van der Waals surface area (Å²) < 4.78 is 36.1. The second-order valence-electron chi connectivity index (χ2n) is 3.79. The monoisotopic (exact) mass is 210 g/mol. The highest BCUT2D eigenvalue weighted by atomic mass is 19.4. The summed E-state index contributed by atoms with van der Waals surface area (Å²) in [6.07, 6.45) is -2.20. The van der Waals surface area contributed by atoms with Crippen LogP contribution in [0.1, 0.15) is 19.8 Å². The van der Waals surface area contributed by atoms with Crippen LogP contribution in [-0.2, 0) is 0 Å². The maximum Gasteiger partial charge on any atom is 0.401 e. The van der Waals surface area contributed by atoms with Crippen LogP contribution in [0.4, 0.5) is 13.2 Å². The molecule has 1 heterocycles. The number of nitrogens with zero attached hydrogens (tertiary/aromatic N) is 1. The van der Waals surface area contributed by atoms with Gasteiger partial charge in [-0.15, -0.1) is 0 Å². The number of hydrogen-bond donors (Lipinski definition) is 1. The molecule has 0 spiro atoms. The molecule has 14 heavy (non-hydrogen) atoms. The topological polar surface area (TPSA) is 15.3 Å². The highest BCUT2D eigenvalue weighted by Gasteiger charge is 2.33. The van der Waals surface area contributed by atoms with E-state index < -0.39 is 12.7 Å². The summed E-state index contributed by atoms with van der Waals surface area (Å²) in [4.78, 5) is 1.47. The second kappa shape index (κ2) is 4.98. The molecular formula is C9H17F3N2. The van der Waals surface area contributed by atoms with Gasteiger partial charge >= 0.3 is 6.18 Å². The Kier molecular flexibility index (Phi) is 4.19. The largest absolute Gasteiger partial charge is 0.401 e. The fourth-order valence-corrected chi connectivity index (χ4v) is 1.74. The second-order valence-corrected chi connectivity index (χ2v) is 3.79. The summed E-state index contributed by atoms with van der Waals surface area (Å²) in [5.74, 6) is 0. The van der Waals surface area contributed by atoms with Crippen molar-refractivity contribution in [2.75, 3.05) is 26.2 Å². The SMILES string of the molecule is CCCNC1CCN(CC(F)(F)F)C1. The van der Waals surface area contributed by atoms with E-state index >= 15 is 0 Å². The van der Waals surface area contributed by atoms with Gasteiger partial charge in [0, 0.05) is 19.1 Å². The van der Waals surface area contributed by atoms with Crippen LogP contribution in [0.2, 0.25) is 0 Å². The first-order valence-electron chi connectivity index (χ1n) is 5.04. The minimum atomic E-state index is -4.06. The van der Waals surface area contributed by atoms with E-state index in [-0.39, 0.29) is 6.04 Å². The van der Waals surface area contributed by atoms with Crippen molar-refractivity contribution in [2.45, 2.75) is 32.0 Å². The Balaban J connectivity index is 2.20. The summed E-state index contributed by atoms with van der Waals surface area (Å²) in [6, 6.07) is 0.247. The van der Waals surface area contributed by atoms with E-state index in [9.17, 15) is 13.2 Å². The molecule has 1 N–H and O–H groups in total. The minimum Gasteiger partial charge on any atom is -0.313 e. The Morgan fingerprint density at radius 1 is 1.43 bits per heavy atom. The van der Waals surface area contributed by atoms with Gasteiger partial charge in [0.1, 0.15) is 0 Å². The van der Waals surface area contributed by atoms with Gasteiger partial charge in [-0.25, -0.2) is 0 Å². The molecule has 1 atom stereocenters. The highest BCUT2D eigenvalue weighted by Crippen LogP contribution is 2.19. The Morgan fingerprint density at radius 3 is 2.71 bits per heavy atom. The molecule has 0 aromatic rings. The van der Waals surface area contributed by atoms with Crippen molar-refractivity contribution in [1.29, 1.82) is 0 Å². The summed E-state index contributed by atoms with van der Waals surface area (Å²) >= 11 is 0. The smallest absolute Gasteiger partial charge is 0.313 e. The summed E-state index contributed by atoms with van der Waals surface area (Å²) in [7, 11) is 0. The quantitative estimate of drug-likeness (QED) is 0.758. The molecule has 1 aliphatic rings. The van der Waals surface area contributed by atoms with Crippen molar-refractivity contribution in [3.05, 3.63) is 0 Å². The van der Waals surface area contributed by atoms with Crippen molar-refractivity contribution in [1.82, 2.24) is 10.2 Å². The molecule has 1 saturated heterocycles. The number of hydrogen-bond acceptors (Lipinski definition) is 2. The van der Waals surface area contributed by atoms with Crippen molar-refractivity contribution in [3.8, 4) is 0 Å². The van der Waals surface area contributed by atoms with E-state index in [1.54, 1.807) is 0 Å². The Hall–Kier alpha value is -0.290. The van der Waals surface area contributed by atoms with Gasteiger partial charge in [-0.1, -0.05) is 6.92 Å². The van der Waals surface area contributed by atoms with Gasteiger partial charge in [0.15, 0.2) is 0 Å². The zero-order valence-electron chi connectivity index (χ0n) is 8.40. The van der Waals surface area contributed by atoms with Crippen molar-refractivity contribution < 1.29 is 13.2 Å². The fourth-order valence-electron chi connectivity index (χ4n) is 1.74. The van der Waals surface area contributed by atoms with Gasteiger partial charge in [0.05, 0.1) is 6.54 Å². The molecule has 2 nitrogen and oxygen atoms in total. The molecule has 1 unspecified atom stereocenters. The third-order valence-corrected chi connectivity index (χ3v) is 2.36. The predicted octanol–water partition coefficient (Wildman–Crippen LogP) is 1.62. The number of alkyl halides is 3. The first kappa shape index (κ1) is 11.8. The molecule has 1 fully saturated rings. The zero-order valence-corrected chi connectivity index (χ0v) is 8.40. The Labute approximate surface area is 82.5 Å². The first-order valence-corrected chi connectivity index (χ1v) is 5.04. The van der Waals surface area contributed by atoms with Crippen LogP contribution >= 0.6 is 0 Å². The number of halogens is 3. The van der Waals surface area contributed by atoms with E-state index in [2.05, 4.69) is 12.2 Å².